The molecule has 2 aliphatic rings. The molecule has 0 spiro atoms. The number of aromatic amines is 1. The molecule has 0 bridgehead atoms. The van der Waals surface area contributed by atoms with Crippen LogP contribution in [0.3, 0.4) is 0 Å². The van der Waals surface area contributed by atoms with E-state index in [0.717, 1.165) is 0 Å². The summed E-state index contributed by atoms with van der Waals surface area (Å²) >= 11 is 0. The molecule has 0 saturated carbocycles. The standard InChI is InChI=1S/C16H22N2O6/c1-4-22-16(21)12-7(2)11(8(3)17-12)15(20)18-9-5-23-14-10(19)6-24-13(9)14/h9-10,13-14,17,19H,4-6H2,1-3H3,(H,18,20)/t9-,10-,13-,14-/m1/s1. The number of aliphatic hydroxyl groups excluding tert-OH is 1. The summed E-state index contributed by atoms with van der Waals surface area (Å²) in [6.07, 6.45) is -1.42. The summed E-state index contributed by atoms with van der Waals surface area (Å²) in [4.78, 5) is 27.5. The van der Waals surface area contributed by atoms with Gasteiger partial charge in [0, 0.05) is 5.69 Å². The Morgan fingerprint density at radius 2 is 2.00 bits per heavy atom. The second-order valence-electron chi connectivity index (χ2n) is 6.09. The summed E-state index contributed by atoms with van der Waals surface area (Å²) in [7, 11) is 0. The van der Waals surface area contributed by atoms with Crippen LogP contribution < -0.4 is 5.32 Å². The molecule has 2 saturated heterocycles. The fraction of sp³-hybridized carbons (Fsp3) is 0.625. The summed E-state index contributed by atoms with van der Waals surface area (Å²) in [5, 5.41) is 12.6. The van der Waals surface area contributed by atoms with E-state index >= 15 is 0 Å². The number of hydrogen-bond acceptors (Lipinski definition) is 6. The lowest BCUT2D eigenvalue weighted by Crippen LogP contribution is -2.44. The third-order valence-electron chi connectivity index (χ3n) is 4.49. The molecule has 0 radical (unpaired) electrons. The van der Waals surface area contributed by atoms with Crippen LogP contribution in [0.4, 0.5) is 0 Å². The number of carbonyl (C=O) groups is 2. The van der Waals surface area contributed by atoms with Gasteiger partial charge in [-0.25, -0.2) is 4.79 Å². The van der Waals surface area contributed by atoms with Gasteiger partial charge in [-0.15, -0.1) is 0 Å². The van der Waals surface area contributed by atoms with Gasteiger partial charge < -0.3 is 29.6 Å². The number of aliphatic hydroxyl groups is 1. The molecule has 4 atom stereocenters. The van der Waals surface area contributed by atoms with Crippen LogP contribution in [-0.4, -0.2) is 66.1 Å². The van der Waals surface area contributed by atoms with Gasteiger partial charge in [0.2, 0.25) is 0 Å². The van der Waals surface area contributed by atoms with Crippen molar-refractivity contribution in [2.75, 3.05) is 19.8 Å². The largest absolute Gasteiger partial charge is 0.461 e. The van der Waals surface area contributed by atoms with Gasteiger partial charge in [0.1, 0.15) is 24.0 Å². The lowest BCUT2D eigenvalue weighted by molar-refractivity contribution is 0.0178. The number of rotatable bonds is 4. The molecule has 2 fully saturated rings. The van der Waals surface area contributed by atoms with E-state index in [1.54, 1.807) is 20.8 Å². The number of fused-ring (bicyclic) bond motifs is 1. The molecule has 8 heteroatoms. The normalized spacial score (nSPS) is 28.7. The minimum atomic E-state index is -0.664. The Morgan fingerprint density at radius 1 is 1.29 bits per heavy atom. The minimum absolute atomic E-state index is 0.205. The van der Waals surface area contributed by atoms with Crippen LogP contribution in [0.1, 0.15) is 39.0 Å². The van der Waals surface area contributed by atoms with E-state index in [1.165, 1.54) is 0 Å². The molecular weight excluding hydrogens is 316 g/mol. The predicted molar refractivity (Wildman–Crippen MR) is 83.0 cm³/mol. The average Bonchev–Trinajstić information content (AvgIpc) is 3.17. The molecule has 132 valence electrons. The van der Waals surface area contributed by atoms with Gasteiger partial charge in [-0.1, -0.05) is 0 Å². The summed E-state index contributed by atoms with van der Waals surface area (Å²) in [5.41, 5.74) is 1.84. The molecule has 24 heavy (non-hydrogen) atoms. The molecule has 0 aromatic carbocycles. The Morgan fingerprint density at radius 3 is 2.71 bits per heavy atom. The third-order valence-corrected chi connectivity index (χ3v) is 4.49. The van der Waals surface area contributed by atoms with Crippen LogP contribution >= 0.6 is 0 Å². The van der Waals surface area contributed by atoms with E-state index in [9.17, 15) is 14.7 Å². The zero-order valence-corrected chi connectivity index (χ0v) is 13.9. The van der Waals surface area contributed by atoms with Crippen molar-refractivity contribution < 1.29 is 28.9 Å². The van der Waals surface area contributed by atoms with Crippen LogP contribution in [0.5, 0.6) is 0 Å². The van der Waals surface area contributed by atoms with Gasteiger partial charge in [0.15, 0.2) is 0 Å². The first-order chi connectivity index (χ1) is 11.4. The maximum absolute atomic E-state index is 12.6. The van der Waals surface area contributed by atoms with Gasteiger partial charge >= 0.3 is 5.97 Å². The Balaban J connectivity index is 1.75. The molecular formula is C16H22N2O6. The van der Waals surface area contributed by atoms with Gasteiger partial charge in [0.05, 0.1) is 31.4 Å². The first kappa shape index (κ1) is 16.9. The second-order valence-corrected chi connectivity index (χ2v) is 6.09. The number of hydrogen-bond donors (Lipinski definition) is 3. The minimum Gasteiger partial charge on any atom is -0.461 e. The fourth-order valence-corrected chi connectivity index (χ4v) is 3.34. The number of carbonyl (C=O) groups excluding carboxylic acids is 2. The van der Waals surface area contributed by atoms with Gasteiger partial charge in [-0.3, -0.25) is 4.79 Å². The zero-order chi connectivity index (χ0) is 17.4. The highest BCUT2D eigenvalue weighted by Gasteiger charge is 2.47. The van der Waals surface area contributed by atoms with E-state index in [0.29, 0.717) is 16.8 Å². The SMILES string of the molecule is CCOC(=O)c1[nH]c(C)c(C(=O)N[C@@H]2CO[C@H]3[C@@H]2OC[C@H]3O)c1C. The van der Waals surface area contributed by atoms with Crippen molar-refractivity contribution in [3.8, 4) is 0 Å². The molecule has 1 aromatic rings. The van der Waals surface area contributed by atoms with E-state index < -0.39 is 18.2 Å². The van der Waals surface area contributed by atoms with E-state index in [1.807, 2.05) is 0 Å². The Labute approximate surface area is 139 Å². The predicted octanol–water partition coefficient (Wildman–Crippen LogP) is 0.0651. The van der Waals surface area contributed by atoms with Crippen LogP contribution in [-0.2, 0) is 14.2 Å². The van der Waals surface area contributed by atoms with Crippen molar-refractivity contribution in [1.29, 1.82) is 0 Å². The Hall–Kier alpha value is -1.90. The first-order valence-corrected chi connectivity index (χ1v) is 8.02. The van der Waals surface area contributed by atoms with Gasteiger partial charge in [-0.2, -0.15) is 0 Å². The number of nitrogens with one attached hydrogen (secondary N) is 2. The van der Waals surface area contributed by atoms with Gasteiger partial charge in [-0.05, 0) is 26.3 Å². The van der Waals surface area contributed by atoms with Crippen LogP contribution in [0, 0.1) is 13.8 Å². The quantitative estimate of drug-likeness (QED) is 0.670. The molecule has 0 unspecified atom stereocenters. The number of ether oxygens (including phenoxy) is 3. The number of esters is 1. The Bertz CT molecular complexity index is 655. The molecule has 3 heterocycles. The smallest absolute Gasteiger partial charge is 0.355 e. The molecule has 3 N–H and O–H groups in total. The lowest BCUT2D eigenvalue weighted by atomic mass is 10.1. The van der Waals surface area contributed by atoms with Crippen molar-refractivity contribution in [2.24, 2.45) is 0 Å². The topological polar surface area (TPSA) is 110 Å². The summed E-state index contributed by atoms with van der Waals surface area (Å²) < 4.78 is 16.0. The maximum atomic E-state index is 12.6. The van der Waals surface area contributed by atoms with Gasteiger partial charge in [0.25, 0.3) is 5.91 Å². The van der Waals surface area contributed by atoms with Crippen molar-refractivity contribution in [2.45, 2.75) is 45.1 Å². The van der Waals surface area contributed by atoms with Crippen LogP contribution in [0.25, 0.3) is 0 Å². The Kier molecular flexibility index (Phi) is 4.62. The number of aromatic nitrogens is 1. The highest BCUT2D eigenvalue weighted by atomic mass is 16.6. The van der Waals surface area contributed by atoms with E-state index in [4.69, 9.17) is 14.2 Å². The van der Waals surface area contributed by atoms with Crippen molar-refractivity contribution in [3.05, 3.63) is 22.5 Å². The third kappa shape index (κ3) is 2.81. The molecule has 3 rings (SSSR count). The average molecular weight is 338 g/mol. The molecule has 1 aromatic heterocycles. The first-order valence-electron chi connectivity index (χ1n) is 8.02. The number of amides is 1. The molecule has 2 aliphatic heterocycles. The van der Waals surface area contributed by atoms with E-state index in [2.05, 4.69) is 10.3 Å². The summed E-state index contributed by atoms with van der Waals surface area (Å²) in [6, 6.07) is -0.334. The monoisotopic (exact) mass is 338 g/mol. The van der Waals surface area contributed by atoms with E-state index in [-0.39, 0.29) is 43.6 Å². The van der Waals surface area contributed by atoms with Crippen molar-refractivity contribution in [1.82, 2.24) is 10.3 Å². The van der Waals surface area contributed by atoms with Crippen LogP contribution in [0.2, 0.25) is 0 Å². The highest BCUT2D eigenvalue weighted by Crippen LogP contribution is 2.27. The second kappa shape index (κ2) is 6.54. The summed E-state index contributed by atoms with van der Waals surface area (Å²) in [5.74, 6) is -0.792. The zero-order valence-electron chi connectivity index (χ0n) is 13.9. The highest BCUT2D eigenvalue weighted by molar-refractivity contribution is 6.01. The van der Waals surface area contributed by atoms with Crippen molar-refractivity contribution in [3.63, 3.8) is 0 Å². The number of aryl methyl sites for hydroxylation is 1. The maximum Gasteiger partial charge on any atom is 0.355 e. The number of H-pyrrole nitrogens is 1. The molecule has 0 aliphatic carbocycles. The molecule has 1 amide bonds. The van der Waals surface area contributed by atoms with Crippen LogP contribution in [0.15, 0.2) is 0 Å². The fourth-order valence-electron chi connectivity index (χ4n) is 3.34. The lowest BCUT2D eigenvalue weighted by Gasteiger charge is -2.17. The summed E-state index contributed by atoms with van der Waals surface area (Å²) in [6.45, 7) is 5.91. The van der Waals surface area contributed by atoms with Crippen molar-refractivity contribution >= 4 is 11.9 Å². The molecule has 8 nitrogen and oxygen atoms in total.